The Hall–Kier alpha value is -6.85. The zero-order valence-corrected chi connectivity index (χ0v) is 27.8. The van der Waals surface area contributed by atoms with E-state index in [1.54, 1.807) is 0 Å². The molecule has 0 radical (unpaired) electrons. The lowest BCUT2D eigenvalue weighted by atomic mass is 9.99. The van der Waals surface area contributed by atoms with Crippen LogP contribution in [0.2, 0.25) is 0 Å². The van der Waals surface area contributed by atoms with E-state index in [-0.39, 0.29) is 0 Å². The van der Waals surface area contributed by atoms with Crippen molar-refractivity contribution in [2.24, 2.45) is 0 Å². The largest absolute Gasteiger partial charge is 0.456 e. The predicted molar refractivity (Wildman–Crippen MR) is 208 cm³/mol. The van der Waals surface area contributed by atoms with Crippen molar-refractivity contribution in [3.05, 3.63) is 169 Å². The van der Waals surface area contributed by atoms with Gasteiger partial charge in [0.2, 0.25) is 0 Å². The van der Waals surface area contributed by atoms with Crippen molar-refractivity contribution in [3.63, 3.8) is 0 Å². The molecule has 0 unspecified atom stereocenters. The Labute approximate surface area is 294 Å². The minimum Gasteiger partial charge on any atom is -0.456 e. The van der Waals surface area contributed by atoms with E-state index in [0.717, 1.165) is 66.5 Å². The van der Waals surface area contributed by atoms with Gasteiger partial charge in [-0.05, 0) is 48.9 Å². The van der Waals surface area contributed by atoms with Crippen molar-refractivity contribution in [1.29, 1.82) is 0 Å². The maximum Gasteiger partial charge on any atom is 0.164 e. The fourth-order valence-electron chi connectivity index (χ4n) is 7.22. The SMILES string of the molecule is Cc1ccc(-c2cc(-c3nc(-c4ccccc4)nc(-c4ccccc4)n3)ccc2-n2c3ccccc3c3cc4c(cc32)oc2ccccc24)cc1. The van der Waals surface area contributed by atoms with E-state index < -0.39 is 0 Å². The lowest BCUT2D eigenvalue weighted by Crippen LogP contribution is -2.02. The van der Waals surface area contributed by atoms with Crippen LogP contribution in [0.1, 0.15) is 5.56 Å². The fraction of sp³-hybridized carbons (Fsp3) is 0.0217. The number of hydrogen-bond donors (Lipinski definition) is 0. The van der Waals surface area contributed by atoms with Crippen molar-refractivity contribution >= 4 is 43.7 Å². The van der Waals surface area contributed by atoms with E-state index in [1.807, 2.05) is 72.8 Å². The molecule has 0 amide bonds. The first kappa shape index (κ1) is 29.1. The third-order valence-corrected chi connectivity index (χ3v) is 9.73. The van der Waals surface area contributed by atoms with Crippen LogP contribution in [0.25, 0.3) is 94.7 Å². The molecule has 0 fully saturated rings. The molecule has 0 saturated carbocycles. The first-order valence-corrected chi connectivity index (χ1v) is 17.1. The molecule has 0 aliphatic carbocycles. The highest BCUT2D eigenvalue weighted by Crippen LogP contribution is 2.41. The average Bonchev–Trinajstić information content (AvgIpc) is 3.72. The van der Waals surface area contributed by atoms with Crippen molar-refractivity contribution in [3.8, 4) is 51.0 Å². The summed E-state index contributed by atoms with van der Waals surface area (Å²) in [6, 6.07) is 56.9. The fourth-order valence-corrected chi connectivity index (χ4v) is 7.22. The molecule has 5 heteroatoms. The topological polar surface area (TPSA) is 56.7 Å². The number of aromatic nitrogens is 4. The van der Waals surface area contributed by atoms with Gasteiger partial charge in [-0.15, -0.1) is 0 Å². The monoisotopic (exact) mass is 654 g/mol. The summed E-state index contributed by atoms with van der Waals surface area (Å²) in [4.78, 5) is 15.0. The molecule has 7 aromatic carbocycles. The Balaban J connectivity index is 1.24. The molecule has 5 nitrogen and oxygen atoms in total. The second-order valence-corrected chi connectivity index (χ2v) is 13.0. The second-order valence-electron chi connectivity index (χ2n) is 13.0. The van der Waals surface area contributed by atoms with Gasteiger partial charge in [-0.25, -0.2) is 15.0 Å². The van der Waals surface area contributed by atoms with Gasteiger partial charge in [-0.1, -0.05) is 127 Å². The van der Waals surface area contributed by atoms with Crippen LogP contribution in [0.15, 0.2) is 168 Å². The van der Waals surface area contributed by atoms with E-state index in [0.29, 0.717) is 17.5 Å². The summed E-state index contributed by atoms with van der Waals surface area (Å²) in [7, 11) is 0. The molecule has 0 bridgehead atoms. The zero-order chi connectivity index (χ0) is 33.9. The maximum atomic E-state index is 6.41. The van der Waals surface area contributed by atoms with Crippen LogP contribution >= 0.6 is 0 Å². The minimum atomic E-state index is 0.619. The number of aryl methyl sites for hydroxylation is 1. The van der Waals surface area contributed by atoms with E-state index in [4.69, 9.17) is 19.4 Å². The summed E-state index contributed by atoms with van der Waals surface area (Å²) in [6.45, 7) is 2.12. The normalized spacial score (nSPS) is 11.6. The average molecular weight is 655 g/mol. The van der Waals surface area contributed by atoms with Gasteiger partial charge in [0, 0.05) is 49.9 Å². The van der Waals surface area contributed by atoms with Gasteiger partial charge >= 0.3 is 0 Å². The molecule has 0 saturated heterocycles. The summed E-state index contributed by atoms with van der Waals surface area (Å²) in [5, 5.41) is 4.61. The number of para-hydroxylation sites is 2. The summed E-state index contributed by atoms with van der Waals surface area (Å²) in [6.07, 6.45) is 0. The molecule has 0 N–H and O–H groups in total. The first-order chi connectivity index (χ1) is 25.2. The summed E-state index contributed by atoms with van der Waals surface area (Å²) >= 11 is 0. The van der Waals surface area contributed by atoms with Crippen LogP contribution in [0, 0.1) is 6.92 Å². The predicted octanol–water partition coefficient (Wildman–Crippen LogP) is 11.8. The van der Waals surface area contributed by atoms with Gasteiger partial charge in [-0.3, -0.25) is 0 Å². The molecule has 10 aromatic rings. The molecule has 0 aliphatic rings. The standard InChI is InChI=1S/C46H30N4O/c1-29-20-22-30(23-21-29)36-26-33(46-48-44(31-12-4-2-5-13-31)47-45(49-46)32-14-6-3-7-15-32)24-25-40(36)50-39-18-10-8-16-34(39)37-27-38-35-17-9-11-19-42(35)51-43(38)28-41(37)50/h2-28H,1H3. The Kier molecular flexibility index (Phi) is 6.64. The summed E-state index contributed by atoms with van der Waals surface area (Å²) in [5.74, 6) is 1.89. The Morgan fingerprint density at radius 3 is 1.71 bits per heavy atom. The van der Waals surface area contributed by atoms with Crippen molar-refractivity contribution in [1.82, 2.24) is 19.5 Å². The minimum absolute atomic E-state index is 0.619. The molecule has 240 valence electrons. The summed E-state index contributed by atoms with van der Waals surface area (Å²) in [5.41, 5.74) is 11.2. The molecule has 51 heavy (non-hydrogen) atoms. The molecule has 0 spiro atoms. The molecular formula is C46H30N4O. The van der Waals surface area contributed by atoms with Gasteiger partial charge in [0.05, 0.1) is 16.7 Å². The van der Waals surface area contributed by atoms with E-state index in [2.05, 4.69) is 102 Å². The lowest BCUT2D eigenvalue weighted by Gasteiger charge is -2.16. The maximum absolute atomic E-state index is 6.41. The molecule has 3 aromatic heterocycles. The number of rotatable bonds is 5. The number of hydrogen-bond acceptors (Lipinski definition) is 4. The molecular weight excluding hydrogens is 625 g/mol. The highest BCUT2D eigenvalue weighted by Gasteiger charge is 2.20. The highest BCUT2D eigenvalue weighted by atomic mass is 16.3. The van der Waals surface area contributed by atoms with Crippen LogP contribution in [0.5, 0.6) is 0 Å². The van der Waals surface area contributed by atoms with E-state index in [1.165, 1.54) is 16.3 Å². The van der Waals surface area contributed by atoms with Gasteiger partial charge in [0.1, 0.15) is 11.2 Å². The molecule has 0 aliphatic heterocycles. The van der Waals surface area contributed by atoms with Crippen molar-refractivity contribution in [2.75, 3.05) is 0 Å². The first-order valence-electron chi connectivity index (χ1n) is 17.1. The molecule has 3 heterocycles. The number of furan rings is 1. The van der Waals surface area contributed by atoms with Crippen molar-refractivity contribution in [2.45, 2.75) is 6.92 Å². The third-order valence-electron chi connectivity index (χ3n) is 9.73. The lowest BCUT2D eigenvalue weighted by molar-refractivity contribution is 0.669. The third kappa shape index (κ3) is 4.90. The quantitative estimate of drug-likeness (QED) is 0.185. The number of nitrogens with zero attached hydrogens (tertiary/aromatic N) is 4. The van der Waals surface area contributed by atoms with Crippen LogP contribution in [-0.4, -0.2) is 19.5 Å². The molecule has 10 rings (SSSR count). The van der Waals surface area contributed by atoms with E-state index in [9.17, 15) is 0 Å². The second kappa shape index (κ2) is 11.6. The van der Waals surface area contributed by atoms with Crippen molar-refractivity contribution < 1.29 is 4.42 Å². The Morgan fingerprint density at radius 1 is 0.412 bits per heavy atom. The van der Waals surface area contributed by atoms with Gasteiger partial charge < -0.3 is 8.98 Å². The van der Waals surface area contributed by atoms with Crippen LogP contribution < -0.4 is 0 Å². The highest BCUT2D eigenvalue weighted by molar-refractivity contribution is 6.17. The number of fused-ring (bicyclic) bond motifs is 6. The van der Waals surface area contributed by atoms with Gasteiger partial charge in [0.25, 0.3) is 0 Å². The van der Waals surface area contributed by atoms with Crippen LogP contribution in [0.4, 0.5) is 0 Å². The Morgan fingerprint density at radius 2 is 1.00 bits per heavy atom. The zero-order valence-electron chi connectivity index (χ0n) is 27.8. The van der Waals surface area contributed by atoms with Crippen LogP contribution in [0.3, 0.4) is 0 Å². The Bertz CT molecular complexity index is 2850. The van der Waals surface area contributed by atoms with Crippen LogP contribution in [-0.2, 0) is 0 Å². The van der Waals surface area contributed by atoms with Gasteiger partial charge in [-0.2, -0.15) is 0 Å². The molecule has 0 atom stereocenters. The number of benzene rings is 7. The smallest absolute Gasteiger partial charge is 0.164 e. The summed E-state index contributed by atoms with van der Waals surface area (Å²) < 4.78 is 8.78. The van der Waals surface area contributed by atoms with E-state index >= 15 is 0 Å². The van der Waals surface area contributed by atoms with Gasteiger partial charge in [0.15, 0.2) is 17.5 Å².